The van der Waals surface area contributed by atoms with Crippen LogP contribution in [0.4, 0.5) is 5.95 Å². The normalized spacial score (nSPS) is 26.7. The Hall–Kier alpha value is -1.68. The summed E-state index contributed by atoms with van der Waals surface area (Å²) in [5.74, 6) is -0.773. The molecule has 0 bridgehead atoms. The van der Waals surface area contributed by atoms with Gasteiger partial charge in [-0.05, 0) is 0 Å². The van der Waals surface area contributed by atoms with Crippen LogP contribution in [0.1, 0.15) is 6.23 Å². The monoisotopic (exact) mass is 370 g/mol. The van der Waals surface area contributed by atoms with Gasteiger partial charge in [-0.1, -0.05) is 0 Å². The zero-order valence-electron chi connectivity index (χ0n) is 12.2. The van der Waals surface area contributed by atoms with Gasteiger partial charge in [0, 0.05) is 0 Å². The summed E-state index contributed by atoms with van der Waals surface area (Å²) in [6.07, 6.45) is -3.67. The Labute approximate surface area is 135 Å². The summed E-state index contributed by atoms with van der Waals surface area (Å²) < 4.78 is 33.1. The molecule has 2 rings (SSSR count). The molecule has 14 heteroatoms. The molecule has 1 fully saturated rings. The number of ether oxygens (including phenoxy) is 1. The van der Waals surface area contributed by atoms with Gasteiger partial charge in [-0.25, -0.2) is 9.78 Å². The molecule has 7 N–H and O–H groups in total. The standard InChI is InChI=1S/C8H12N4O5.C2H6O4S/c9-7-10-2-12(8(16)11-7)6-5(15)4(14)3(1-13)17-6;3-1-2-7(4,5)6/h2-6,13-15H,1H2,(H2,9,11,16);3H,1-2H2,(H,4,5,6)/t3-,4-,5-,6-;/m1./s1. The first-order valence-electron chi connectivity index (χ1n) is 6.49. The van der Waals surface area contributed by atoms with Gasteiger partial charge in [0.15, 0.2) is 6.23 Å². The quantitative estimate of drug-likeness (QED) is 0.277. The molecule has 0 spiro atoms. The lowest BCUT2D eigenvalue weighted by molar-refractivity contribution is -0.0554. The van der Waals surface area contributed by atoms with E-state index >= 15 is 0 Å². The minimum absolute atomic E-state index is 0.196. The second-order valence-corrected chi connectivity index (χ2v) is 6.21. The topological polar surface area (TPSA) is 218 Å². The maximum absolute atomic E-state index is 11.5. The molecule has 4 atom stereocenters. The van der Waals surface area contributed by atoms with E-state index in [0.717, 1.165) is 10.9 Å². The second-order valence-electron chi connectivity index (χ2n) is 4.64. The summed E-state index contributed by atoms with van der Waals surface area (Å²) in [5.41, 5.74) is 4.46. The Morgan fingerprint density at radius 2 is 1.92 bits per heavy atom. The van der Waals surface area contributed by atoms with E-state index in [2.05, 4.69) is 9.97 Å². The number of aliphatic hydroxyl groups is 4. The molecule has 1 saturated heterocycles. The fourth-order valence-corrected chi connectivity index (χ4v) is 1.99. The highest BCUT2D eigenvalue weighted by Gasteiger charge is 2.43. The van der Waals surface area contributed by atoms with Gasteiger partial charge in [-0.15, -0.1) is 0 Å². The second kappa shape index (κ2) is 8.43. The predicted molar refractivity (Wildman–Crippen MR) is 77.2 cm³/mol. The molecule has 1 aliphatic heterocycles. The van der Waals surface area contributed by atoms with Crippen molar-refractivity contribution in [2.75, 3.05) is 24.7 Å². The van der Waals surface area contributed by atoms with Crippen LogP contribution in [-0.4, -0.2) is 85.2 Å². The molecule has 0 unspecified atom stereocenters. The minimum atomic E-state index is -3.92. The molecular formula is C10H18N4O9S. The average Bonchev–Trinajstić information content (AvgIpc) is 2.74. The summed E-state index contributed by atoms with van der Waals surface area (Å²) in [4.78, 5) is 18.4. The maximum Gasteiger partial charge on any atom is 0.354 e. The van der Waals surface area contributed by atoms with Gasteiger partial charge in [0.25, 0.3) is 10.1 Å². The first-order chi connectivity index (χ1) is 11.1. The van der Waals surface area contributed by atoms with Gasteiger partial charge in [-0.3, -0.25) is 9.12 Å². The van der Waals surface area contributed by atoms with Gasteiger partial charge in [0.05, 0.1) is 19.0 Å². The number of aromatic nitrogens is 3. The number of hydrogen-bond acceptors (Lipinski definition) is 11. The SMILES string of the molecule is Nc1ncn([C@@H]2O[C@H](CO)[C@@H](O)[C@H]2O)c(=O)n1.O=S(=O)(O)CCO. The van der Waals surface area contributed by atoms with Crippen molar-refractivity contribution < 1.29 is 38.1 Å². The van der Waals surface area contributed by atoms with Crippen LogP contribution in [0.5, 0.6) is 0 Å². The number of aliphatic hydroxyl groups excluding tert-OH is 4. The lowest BCUT2D eigenvalue weighted by Crippen LogP contribution is -2.36. The smallest absolute Gasteiger partial charge is 0.354 e. The van der Waals surface area contributed by atoms with Crippen molar-refractivity contribution in [1.29, 1.82) is 0 Å². The van der Waals surface area contributed by atoms with E-state index in [4.69, 9.17) is 25.2 Å². The molecule has 0 aromatic carbocycles. The molecule has 1 aliphatic rings. The van der Waals surface area contributed by atoms with Crippen LogP contribution in [0.3, 0.4) is 0 Å². The van der Waals surface area contributed by atoms with Crippen LogP contribution in [-0.2, 0) is 14.9 Å². The van der Waals surface area contributed by atoms with Gasteiger partial charge in [-0.2, -0.15) is 13.4 Å². The Kier molecular flexibility index (Phi) is 7.15. The number of nitrogens with zero attached hydrogens (tertiary/aromatic N) is 3. The summed E-state index contributed by atoms with van der Waals surface area (Å²) in [6, 6.07) is 0. The molecule has 24 heavy (non-hydrogen) atoms. The summed E-state index contributed by atoms with van der Waals surface area (Å²) in [7, 11) is -3.92. The molecule has 0 radical (unpaired) electrons. The van der Waals surface area contributed by atoms with Crippen molar-refractivity contribution in [3.63, 3.8) is 0 Å². The molecule has 13 nitrogen and oxygen atoms in total. The fourth-order valence-electron chi connectivity index (χ4n) is 1.76. The minimum Gasteiger partial charge on any atom is -0.395 e. The first kappa shape index (κ1) is 20.4. The van der Waals surface area contributed by atoms with Crippen LogP contribution in [0.15, 0.2) is 11.1 Å². The van der Waals surface area contributed by atoms with Gasteiger partial charge >= 0.3 is 5.69 Å². The van der Waals surface area contributed by atoms with Crippen molar-refractivity contribution in [1.82, 2.24) is 14.5 Å². The van der Waals surface area contributed by atoms with Crippen molar-refractivity contribution in [2.45, 2.75) is 24.5 Å². The van der Waals surface area contributed by atoms with Gasteiger partial charge < -0.3 is 30.9 Å². The predicted octanol–water partition coefficient (Wildman–Crippen LogP) is -4.30. The molecule has 0 saturated carbocycles. The largest absolute Gasteiger partial charge is 0.395 e. The molecule has 0 amide bonds. The van der Waals surface area contributed by atoms with Crippen LogP contribution < -0.4 is 11.4 Å². The molecule has 1 aromatic rings. The molecule has 2 heterocycles. The van der Waals surface area contributed by atoms with Crippen LogP contribution in [0.25, 0.3) is 0 Å². The third kappa shape index (κ3) is 5.45. The van der Waals surface area contributed by atoms with Crippen molar-refractivity contribution in [3.05, 3.63) is 16.8 Å². The van der Waals surface area contributed by atoms with Crippen LogP contribution in [0, 0.1) is 0 Å². The lowest BCUT2D eigenvalue weighted by Gasteiger charge is -2.16. The van der Waals surface area contributed by atoms with E-state index in [1.165, 1.54) is 0 Å². The Bertz CT molecular complexity index is 694. The number of nitrogen functional groups attached to an aromatic ring is 1. The zero-order chi connectivity index (χ0) is 18.5. The summed E-state index contributed by atoms with van der Waals surface area (Å²) >= 11 is 0. The maximum atomic E-state index is 11.5. The highest BCUT2D eigenvalue weighted by molar-refractivity contribution is 7.85. The van der Waals surface area contributed by atoms with E-state index in [0.29, 0.717) is 0 Å². The molecular weight excluding hydrogens is 352 g/mol. The molecule has 0 aliphatic carbocycles. The Morgan fingerprint density at radius 3 is 2.29 bits per heavy atom. The number of nitrogens with two attached hydrogens (primary N) is 1. The third-order valence-electron chi connectivity index (χ3n) is 2.89. The summed E-state index contributed by atoms with van der Waals surface area (Å²) in [6.45, 7) is -1.00. The first-order valence-corrected chi connectivity index (χ1v) is 8.10. The number of hydrogen-bond donors (Lipinski definition) is 6. The van der Waals surface area contributed by atoms with E-state index < -0.39 is 59.3 Å². The highest BCUT2D eigenvalue weighted by Crippen LogP contribution is 2.27. The van der Waals surface area contributed by atoms with Crippen LogP contribution >= 0.6 is 0 Å². The van der Waals surface area contributed by atoms with Crippen LogP contribution in [0.2, 0.25) is 0 Å². The zero-order valence-corrected chi connectivity index (χ0v) is 13.0. The van der Waals surface area contributed by atoms with E-state index in [1.54, 1.807) is 0 Å². The Balaban J connectivity index is 0.000000351. The van der Waals surface area contributed by atoms with Crippen molar-refractivity contribution >= 4 is 16.1 Å². The lowest BCUT2D eigenvalue weighted by atomic mass is 10.1. The molecule has 1 aromatic heterocycles. The van der Waals surface area contributed by atoms with E-state index in [9.17, 15) is 23.4 Å². The van der Waals surface area contributed by atoms with E-state index in [1.807, 2.05) is 0 Å². The van der Waals surface area contributed by atoms with Crippen molar-refractivity contribution in [2.24, 2.45) is 0 Å². The fraction of sp³-hybridized carbons (Fsp3) is 0.700. The highest BCUT2D eigenvalue weighted by atomic mass is 32.2. The Morgan fingerprint density at radius 1 is 1.29 bits per heavy atom. The number of rotatable bonds is 4. The summed E-state index contributed by atoms with van der Waals surface area (Å²) in [5, 5.41) is 36.0. The third-order valence-corrected chi connectivity index (χ3v) is 3.58. The van der Waals surface area contributed by atoms with Gasteiger partial charge in [0.1, 0.15) is 24.6 Å². The molecule has 138 valence electrons. The van der Waals surface area contributed by atoms with E-state index in [-0.39, 0.29) is 5.95 Å². The number of anilines is 1. The average molecular weight is 370 g/mol. The van der Waals surface area contributed by atoms with Crippen molar-refractivity contribution in [3.8, 4) is 0 Å². The van der Waals surface area contributed by atoms with Gasteiger partial charge in [0.2, 0.25) is 5.95 Å².